The highest BCUT2D eigenvalue weighted by Crippen LogP contribution is 2.27. The number of nitrogens with zero attached hydrogens (tertiary/aromatic N) is 2. The van der Waals surface area contributed by atoms with Crippen molar-refractivity contribution in [3.63, 3.8) is 0 Å². The average Bonchev–Trinajstić information content (AvgIpc) is 2.89. The molecule has 3 rings (SSSR count). The third kappa shape index (κ3) is 7.28. The van der Waals surface area contributed by atoms with Gasteiger partial charge < -0.3 is 10.2 Å². The zero-order chi connectivity index (χ0) is 27.9. The van der Waals surface area contributed by atoms with Crippen LogP contribution in [0.2, 0.25) is 10.0 Å². The Hall–Kier alpha value is -2.59. The summed E-state index contributed by atoms with van der Waals surface area (Å²) in [5, 5.41) is 3.53. The van der Waals surface area contributed by atoms with Gasteiger partial charge in [0.1, 0.15) is 12.6 Å². The second kappa shape index (κ2) is 13.5. The zero-order valence-corrected chi connectivity index (χ0v) is 24.8. The number of likely N-dealkylation sites (N-methyl/N-ethyl adjacent to an activating group) is 1. The number of rotatable bonds is 11. The van der Waals surface area contributed by atoms with Gasteiger partial charge >= 0.3 is 0 Å². The van der Waals surface area contributed by atoms with Crippen LogP contribution in [0.25, 0.3) is 0 Å². The summed E-state index contributed by atoms with van der Waals surface area (Å²) in [6, 6.07) is 18.5. The highest BCUT2D eigenvalue weighted by Gasteiger charge is 2.33. The van der Waals surface area contributed by atoms with Crippen LogP contribution in [0.1, 0.15) is 25.8 Å². The molecule has 202 valence electrons. The quantitative estimate of drug-likeness (QED) is 0.283. The highest BCUT2D eigenvalue weighted by molar-refractivity contribution is 9.10. The van der Waals surface area contributed by atoms with Crippen LogP contribution in [-0.4, -0.2) is 44.3 Å². The normalized spacial score (nSPS) is 12.0. The molecule has 11 heteroatoms. The van der Waals surface area contributed by atoms with E-state index in [2.05, 4.69) is 21.2 Å². The first kappa shape index (κ1) is 30.0. The van der Waals surface area contributed by atoms with Crippen molar-refractivity contribution in [1.82, 2.24) is 10.2 Å². The average molecular weight is 641 g/mol. The second-order valence-corrected chi connectivity index (χ2v) is 12.0. The van der Waals surface area contributed by atoms with Gasteiger partial charge in [-0.3, -0.25) is 13.9 Å². The Morgan fingerprint density at radius 3 is 2.21 bits per heavy atom. The summed E-state index contributed by atoms with van der Waals surface area (Å²) in [5.41, 5.74) is 0.884. The van der Waals surface area contributed by atoms with E-state index in [0.29, 0.717) is 34.3 Å². The molecule has 0 fully saturated rings. The van der Waals surface area contributed by atoms with E-state index in [1.807, 2.05) is 0 Å². The van der Waals surface area contributed by atoms with Crippen LogP contribution >= 0.6 is 39.1 Å². The molecule has 7 nitrogen and oxygen atoms in total. The molecule has 0 heterocycles. The fourth-order valence-corrected chi connectivity index (χ4v) is 6.07. The number of hydrogen-bond donors (Lipinski definition) is 1. The Labute approximate surface area is 241 Å². The summed E-state index contributed by atoms with van der Waals surface area (Å²) in [5.74, 6) is -0.897. The Morgan fingerprint density at radius 2 is 1.63 bits per heavy atom. The van der Waals surface area contributed by atoms with E-state index in [1.165, 1.54) is 17.0 Å². The van der Waals surface area contributed by atoms with E-state index in [0.717, 1.165) is 8.78 Å². The van der Waals surface area contributed by atoms with Crippen LogP contribution in [0.5, 0.6) is 0 Å². The second-order valence-electron chi connectivity index (χ2n) is 8.38. The summed E-state index contributed by atoms with van der Waals surface area (Å²) in [4.78, 5) is 28.3. The minimum Gasteiger partial charge on any atom is -0.355 e. The highest BCUT2D eigenvalue weighted by atomic mass is 79.9. The van der Waals surface area contributed by atoms with Crippen LogP contribution < -0.4 is 9.62 Å². The lowest BCUT2D eigenvalue weighted by atomic mass is 10.1. The van der Waals surface area contributed by atoms with Crippen LogP contribution in [0.3, 0.4) is 0 Å². The SMILES string of the molecule is CCNC(=O)[C@@H](CC)N(Cc1ccc(Cl)cc1Cl)C(=O)CN(c1ccc(Br)cc1)S(=O)(=O)c1ccccc1. The number of anilines is 1. The number of sulfonamides is 1. The summed E-state index contributed by atoms with van der Waals surface area (Å²) in [7, 11) is -4.12. The first-order valence-electron chi connectivity index (χ1n) is 11.9. The third-order valence-corrected chi connectivity index (χ3v) is 8.72. The monoisotopic (exact) mass is 639 g/mol. The Bertz CT molecular complexity index is 1370. The first-order chi connectivity index (χ1) is 18.1. The number of amides is 2. The van der Waals surface area contributed by atoms with Crippen LogP contribution in [0, 0.1) is 0 Å². The molecule has 0 aromatic heterocycles. The Kier molecular flexibility index (Phi) is 10.6. The standard InChI is InChI=1S/C27H28BrCl2N3O4S/c1-3-25(27(35)31-4-2)32(17-19-10-13-21(29)16-24(19)30)26(34)18-33(22-14-11-20(28)12-15-22)38(36,37)23-8-6-5-7-9-23/h5-16,25H,3-4,17-18H2,1-2H3,(H,31,35)/t25-/m1/s1. The number of hydrogen-bond acceptors (Lipinski definition) is 4. The number of halogens is 3. The van der Waals surface area contributed by atoms with Crippen molar-refractivity contribution in [3.05, 3.63) is 92.9 Å². The van der Waals surface area contributed by atoms with Crippen molar-refractivity contribution in [1.29, 1.82) is 0 Å². The largest absolute Gasteiger partial charge is 0.355 e. The topological polar surface area (TPSA) is 86.8 Å². The van der Waals surface area contributed by atoms with Crippen molar-refractivity contribution in [2.24, 2.45) is 0 Å². The van der Waals surface area contributed by atoms with Gasteiger partial charge in [0.15, 0.2) is 0 Å². The maximum absolute atomic E-state index is 13.9. The molecule has 0 bridgehead atoms. The maximum atomic E-state index is 13.9. The Balaban J connectivity index is 2.06. The molecule has 0 saturated heterocycles. The van der Waals surface area contributed by atoms with Crippen molar-refractivity contribution in [2.45, 2.75) is 37.8 Å². The third-order valence-electron chi connectivity index (χ3n) is 5.82. The van der Waals surface area contributed by atoms with Crippen molar-refractivity contribution in [3.8, 4) is 0 Å². The number of carbonyl (C=O) groups excluding carboxylic acids is 2. The number of benzene rings is 3. The molecule has 0 saturated carbocycles. The lowest BCUT2D eigenvalue weighted by Gasteiger charge is -2.33. The molecule has 38 heavy (non-hydrogen) atoms. The van der Waals surface area contributed by atoms with Crippen LogP contribution in [0.15, 0.2) is 82.2 Å². The lowest BCUT2D eigenvalue weighted by Crippen LogP contribution is -2.52. The van der Waals surface area contributed by atoms with E-state index in [-0.39, 0.29) is 17.3 Å². The van der Waals surface area contributed by atoms with E-state index in [9.17, 15) is 18.0 Å². The molecular weight excluding hydrogens is 613 g/mol. The van der Waals surface area contributed by atoms with Gasteiger partial charge in [0.25, 0.3) is 10.0 Å². The fourth-order valence-electron chi connectivity index (χ4n) is 3.90. The molecule has 0 aliphatic carbocycles. The molecule has 1 N–H and O–H groups in total. The molecule has 3 aromatic carbocycles. The van der Waals surface area contributed by atoms with Gasteiger partial charge in [-0.25, -0.2) is 8.42 Å². The van der Waals surface area contributed by atoms with Gasteiger partial charge in [-0.1, -0.05) is 70.3 Å². The van der Waals surface area contributed by atoms with Crippen molar-refractivity contribution < 1.29 is 18.0 Å². The molecule has 3 aromatic rings. The minimum atomic E-state index is -4.12. The molecule has 0 aliphatic heterocycles. The molecular formula is C27H28BrCl2N3O4S. The van der Waals surface area contributed by atoms with Crippen molar-refractivity contribution >= 4 is 66.7 Å². The lowest BCUT2D eigenvalue weighted by molar-refractivity contribution is -0.140. The predicted octanol–water partition coefficient (Wildman–Crippen LogP) is 5.89. The fraction of sp³-hybridized carbons (Fsp3) is 0.259. The smallest absolute Gasteiger partial charge is 0.264 e. The van der Waals surface area contributed by atoms with Crippen molar-refractivity contribution in [2.75, 3.05) is 17.4 Å². The summed E-state index contributed by atoms with van der Waals surface area (Å²) in [6.07, 6.45) is 0.312. The van der Waals surface area contributed by atoms with E-state index >= 15 is 0 Å². The van der Waals surface area contributed by atoms with Crippen LogP contribution in [0.4, 0.5) is 5.69 Å². The van der Waals surface area contributed by atoms with Crippen LogP contribution in [-0.2, 0) is 26.2 Å². The molecule has 1 atom stereocenters. The molecule has 2 amide bonds. The first-order valence-corrected chi connectivity index (χ1v) is 14.9. The summed E-state index contributed by atoms with van der Waals surface area (Å²) >= 11 is 15.8. The zero-order valence-electron chi connectivity index (χ0n) is 20.9. The molecule has 0 radical (unpaired) electrons. The van der Waals surface area contributed by atoms with Gasteiger partial charge in [0, 0.05) is 27.6 Å². The molecule has 0 spiro atoms. The van der Waals surface area contributed by atoms with E-state index < -0.39 is 28.5 Å². The van der Waals surface area contributed by atoms with E-state index in [4.69, 9.17) is 23.2 Å². The minimum absolute atomic E-state index is 0.00988. The van der Waals surface area contributed by atoms with Gasteiger partial charge in [0.2, 0.25) is 11.8 Å². The maximum Gasteiger partial charge on any atom is 0.264 e. The molecule has 0 unspecified atom stereocenters. The van der Waals surface area contributed by atoms with Gasteiger partial charge in [-0.2, -0.15) is 0 Å². The van der Waals surface area contributed by atoms with E-state index in [1.54, 1.807) is 74.5 Å². The number of carbonyl (C=O) groups is 2. The van der Waals surface area contributed by atoms with Gasteiger partial charge in [-0.05, 0) is 67.4 Å². The Morgan fingerprint density at radius 1 is 0.974 bits per heavy atom. The summed E-state index contributed by atoms with van der Waals surface area (Å²) < 4.78 is 29.3. The van der Waals surface area contributed by atoms with Gasteiger partial charge in [-0.15, -0.1) is 0 Å². The molecule has 0 aliphatic rings. The predicted molar refractivity (Wildman–Crippen MR) is 155 cm³/mol. The number of nitrogens with one attached hydrogen (secondary N) is 1. The summed E-state index contributed by atoms with van der Waals surface area (Å²) in [6.45, 7) is 3.42. The van der Waals surface area contributed by atoms with Gasteiger partial charge in [0.05, 0.1) is 10.6 Å².